The van der Waals surface area contributed by atoms with Crippen LogP contribution in [0.5, 0.6) is 5.75 Å². The van der Waals surface area contributed by atoms with Gasteiger partial charge in [0.15, 0.2) is 0 Å². The molecule has 2 bridgehead atoms. The van der Waals surface area contributed by atoms with Gasteiger partial charge in [0.1, 0.15) is 17.4 Å². The third-order valence-electron chi connectivity index (χ3n) is 9.60. The van der Waals surface area contributed by atoms with Crippen LogP contribution in [0.4, 0.5) is 5.69 Å². The van der Waals surface area contributed by atoms with E-state index in [1.165, 1.54) is 37.7 Å². The summed E-state index contributed by atoms with van der Waals surface area (Å²) < 4.78 is 11.9. The number of anilines is 1. The van der Waals surface area contributed by atoms with E-state index in [2.05, 4.69) is 22.8 Å². The highest BCUT2D eigenvalue weighted by Gasteiger charge is 2.76. The van der Waals surface area contributed by atoms with Gasteiger partial charge < -0.3 is 20.1 Å². The van der Waals surface area contributed by atoms with E-state index in [0.717, 1.165) is 11.3 Å². The minimum atomic E-state index is -1.26. The van der Waals surface area contributed by atoms with Crippen LogP contribution in [0, 0.1) is 11.8 Å². The lowest BCUT2D eigenvalue weighted by Gasteiger charge is -2.35. The fourth-order valence-corrected chi connectivity index (χ4v) is 7.64. The maximum Gasteiger partial charge on any atom is 0.246 e. The lowest BCUT2D eigenvalue weighted by atomic mass is 9.70. The molecule has 5 atom stereocenters. The molecule has 4 aliphatic rings. The van der Waals surface area contributed by atoms with Crippen LogP contribution in [0.25, 0.3) is 0 Å². The summed E-state index contributed by atoms with van der Waals surface area (Å²) >= 11 is 0. The molecule has 1 saturated carbocycles. The summed E-state index contributed by atoms with van der Waals surface area (Å²) in [7, 11) is 1.61. The maximum atomic E-state index is 14.5. The molecule has 2 aromatic carbocycles. The van der Waals surface area contributed by atoms with Crippen molar-refractivity contribution >= 4 is 23.4 Å². The fraction of sp³-hybridized carbons (Fsp3) is 0.514. The van der Waals surface area contributed by atoms with E-state index >= 15 is 0 Å². The number of nitrogens with zero attached hydrogens (tertiary/aromatic N) is 1. The van der Waals surface area contributed by atoms with Crippen molar-refractivity contribution in [2.75, 3.05) is 12.0 Å². The first-order valence-electron chi connectivity index (χ1n) is 15.5. The number of rotatable bonds is 7. The number of hydrogen-bond acceptors (Lipinski definition) is 5. The predicted octanol–water partition coefficient (Wildman–Crippen LogP) is 5.02. The summed E-state index contributed by atoms with van der Waals surface area (Å²) in [5.41, 5.74) is 0.0285. The van der Waals surface area contributed by atoms with Crippen molar-refractivity contribution in [3.05, 3.63) is 71.8 Å². The van der Waals surface area contributed by atoms with Crippen LogP contribution in [-0.4, -0.2) is 47.6 Å². The van der Waals surface area contributed by atoms with Gasteiger partial charge in [0, 0.05) is 17.8 Å². The Balaban J connectivity index is 1.32. The smallest absolute Gasteiger partial charge is 0.246 e. The fourth-order valence-electron chi connectivity index (χ4n) is 7.64. The molecular weight excluding hydrogens is 542 g/mol. The second kappa shape index (κ2) is 10.8. The molecule has 3 aliphatic heterocycles. The Morgan fingerprint density at radius 3 is 2.28 bits per heavy atom. The Kier molecular flexibility index (Phi) is 7.40. The van der Waals surface area contributed by atoms with E-state index in [0.29, 0.717) is 18.2 Å². The first-order valence-corrected chi connectivity index (χ1v) is 15.5. The second-order valence-electron chi connectivity index (χ2n) is 13.8. The lowest BCUT2D eigenvalue weighted by Crippen LogP contribution is -2.58. The zero-order valence-electron chi connectivity index (χ0n) is 25.8. The third kappa shape index (κ3) is 5.13. The molecule has 0 unspecified atom stereocenters. The van der Waals surface area contributed by atoms with Crippen molar-refractivity contribution in [2.24, 2.45) is 11.8 Å². The van der Waals surface area contributed by atoms with Crippen LogP contribution in [0.2, 0.25) is 0 Å². The van der Waals surface area contributed by atoms with Gasteiger partial charge in [-0.1, -0.05) is 55.7 Å². The topological polar surface area (TPSA) is 97.0 Å². The normalized spacial score (nSPS) is 29.9. The van der Waals surface area contributed by atoms with Crippen LogP contribution in [0.1, 0.15) is 76.8 Å². The number of benzene rings is 2. The van der Waals surface area contributed by atoms with Crippen LogP contribution < -0.4 is 20.3 Å². The largest absolute Gasteiger partial charge is 0.497 e. The Hall–Kier alpha value is -3.65. The van der Waals surface area contributed by atoms with E-state index in [1.807, 2.05) is 76.2 Å². The van der Waals surface area contributed by atoms with Gasteiger partial charge in [0.2, 0.25) is 17.7 Å². The van der Waals surface area contributed by atoms with Crippen LogP contribution in [0.3, 0.4) is 0 Å². The van der Waals surface area contributed by atoms with E-state index < -0.39 is 34.6 Å². The molecule has 8 nitrogen and oxygen atoms in total. The number of nitrogens with one attached hydrogen (secondary N) is 2. The zero-order chi connectivity index (χ0) is 30.6. The minimum absolute atomic E-state index is 0.267. The number of carbonyl (C=O) groups is 3. The van der Waals surface area contributed by atoms with Crippen LogP contribution in [0.15, 0.2) is 60.7 Å². The van der Waals surface area contributed by atoms with Gasteiger partial charge in [-0.05, 0) is 81.8 Å². The standard InChI is InChI=1S/C35H43N3O5/c1-33(2,3)37-31(40)29-35-20-19-34(4,43-35)27(30(39)36-21-22-11-17-26(42-5)18-12-22)28(35)32(41)38(29)25-15-13-24(14-16-25)23-9-7-6-8-10-23/h11-20,23,27-29H,6-10,21H2,1-5H3,(H,36,39)(H,37,40)/t27-,28+,29-,34-,35-/m1/s1. The maximum absolute atomic E-state index is 14.5. The summed E-state index contributed by atoms with van der Waals surface area (Å²) in [5, 5.41) is 6.12. The quantitative estimate of drug-likeness (QED) is 0.445. The Morgan fingerprint density at radius 1 is 0.977 bits per heavy atom. The van der Waals surface area contributed by atoms with Crippen molar-refractivity contribution in [1.82, 2.24) is 10.6 Å². The summed E-state index contributed by atoms with van der Waals surface area (Å²) in [6.07, 6.45) is 9.82. The van der Waals surface area contributed by atoms with Crippen LogP contribution in [-0.2, 0) is 25.7 Å². The van der Waals surface area contributed by atoms with Crippen molar-refractivity contribution in [2.45, 2.75) is 95.0 Å². The molecule has 228 valence electrons. The average molecular weight is 586 g/mol. The molecule has 2 aromatic rings. The predicted molar refractivity (Wildman–Crippen MR) is 165 cm³/mol. The molecule has 3 amide bonds. The van der Waals surface area contributed by atoms with Crippen molar-refractivity contribution < 1.29 is 23.9 Å². The zero-order valence-corrected chi connectivity index (χ0v) is 25.8. The summed E-state index contributed by atoms with van der Waals surface area (Å²) in [5.74, 6) is -1.21. The second-order valence-corrected chi connectivity index (χ2v) is 13.8. The molecule has 2 saturated heterocycles. The first kappa shape index (κ1) is 29.4. The highest BCUT2D eigenvalue weighted by atomic mass is 16.5. The minimum Gasteiger partial charge on any atom is -0.497 e. The molecule has 2 N–H and O–H groups in total. The summed E-state index contributed by atoms with van der Waals surface area (Å²) in [6, 6.07) is 14.6. The highest BCUT2D eigenvalue weighted by molar-refractivity contribution is 6.10. The Bertz CT molecular complexity index is 1420. The first-order chi connectivity index (χ1) is 20.5. The monoisotopic (exact) mass is 585 g/mol. The average Bonchev–Trinajstić information content (AvgIpc) is 3.56. The highest BCUT2D eigenvalue weighted by Crippen LogP contribution is 2.60. The Labute approximate surface area is 254 Å². The number of hydrogen-bond donors (Lipinski definition) is 2. The number of methoxy groups -OCH3 is 1. The van der Waals surface area contributed by atoms with E-state index in [4.69, 9.17) is 9.47 Å². The molecule has 0 radical (unpaired) electrons. The number of ether oxygens (including phenoxy) is 2. The molecule has 43 heavy (non-hydrogen) atoms. The number of carbonyl (C=O) groups excluding carboxylic acids is 3. The summed E-state index contributed by atoms with van der Waals surface area (Å²) in [4.78, 5) is 44.0. The van der Waals surface area contributed by atoms with E-state index in [-0.39, 0.29) is 17.7 Å². The van der Waals surface area contributed by atoms with Gasteiger partial charge in [0.05, 0.1) is 24.5 Å². The molecule has 8 heteroatoms. The molecular formula is C35H43N3O5. The van der Waals surface area contributed by atoms with Gasteiger partial charge in [-0.3, -0.25) is 19.3 Å². The van der Waals surface area contributed by atoms with Gasteiger partial charge in [-0.25, -0.2) is 0 Å². The molecule has 3 heterocycles. The van der Waals surface area contributed by atoms with Gasteiger partial charge in [-0.15, -0.1) is 0 Å². The number of fused-ring (bicyclic) bond motifs is 1. The molecule has 0 aromatic heterocycles. The SMILES string of the molecule is COc1ccc(CNC(=O)[C@H]2[C@H]3C(=O)N(c4ccc(C5CCCCC5)cc4)[C@H](C(=O)NC(C)(C)C)[C@@]34C=C[C@@]2(C)O4)cc1. The van der Waals surface area contributed by atoms with Gasteiger partial charge in [0.25, 0.3) is 0 Å². The molecule has 1 aliphatic carbocycles. The summed E-state index contributed by atoms with van der Waals surface area (Å²) in [6.45, 7) is 7.88. The van der Waals surface area contributed by atoms with Gasteiger partial charge >= 0.3 is 0 Å². The van der Waals surface area contributed by atoms with Crippen molar-refractivity contribution in [1.29, 1.82) is 0 Å². The molecule has 6 rings (SSSR count). The van der Waals surface area contributed by atoms with Gasteiger partial charge in [-0.2, -0.15) is 0 Å². The van der Waals surface area contributed by atoms with E-state index in [9.17, 15) is 14.4 Å². The number of amides is 3. The van der Waals surface area contributed by atoms with Crippen molar-refractivity contribution in [3.8, 4) is 5.75 Å². The molecule has 1 spiro atoms. The lowest BCUT2D eigenvalue weighted by molar-refractivity contribution is -0.134. The van der Waals surface area contributed by atoms with Crippen LogP contribution >= 0.6 is 0 Å². The van der Waals surface area contributed by atoms with Crippen molar-refractivity contribution in [3.63, 3.8) is 0 Å². The third-order valence-corrected chi connectivity index (χ3v) is 9.60. The van der Waals surface area contributed by atoms with E-state index in [1.54, 1.807) is 12.0 Å². The molecule has 3 fully saturated rings. The Morgan fingerprint density at radius 2 is 1.65 bits per heavy atom.